The first kappa shape index (κ1) is 16.8. The summed E-state index contributed by atoms with van der Waals surface area (Å²) in [6.45, 7) is 8.09. The lowest BCUT2D eigenvalue weighted by Crippen LogP contribution is -1.97. The van der Waals surface area contributed by atoms with Crippen LogP contribution in [0.25, 0.3) is 32.9 Å². The van der Waals surface area contributed by atoms with Crippen molar-refractivity contribution < 1.29 is 0 Å². The fourth-order valence-corrected chi connectivity index (χ4v) is 3.68. The topological polar surface area (TPSA) is 64.7 Å². The highest BCUT2D eigenvalue weighted by Crippen LogP contribution is 2.39. The molecule has 25 heavy (non-hydrogen) atoms. The minimum Gasteiger partial charge on any atom is -0.382 e. The molecule has 0 spiro atoms. The summed E-state index contributed by atoms with van der Waals surface area (Å²) in [5, 5.41) is 0. The summed E-state index contributed by atoms with van der Waals surface area (Å²) in [6.07, 6.45) is 1.73. The second-order valence-corrected chi connectivity index (χ2v) is 6.45. The molecule has 0 saturated heterocycles. The highest BCUT2D eigenvalue weighted by Gasteiger charge is 2.17. The van der Waals surface area contributed by atoms with E-state index in [1.165, 1.54) is 4.88 Å². The molecule has 3 heterocycles. The Balaban J connectivity index is 0.000000880. The highest BCUT2D eigenvalue weighted by atomic mass is 32.1. The van der Waals surface area contributed by atoms with Crippen LogP contribution >= 0.6 is 11.3 Å². The van der Waals surface area contributed by atoms with E-state index in [0.29, 0.717) is 11.6 Å². The second kappa shape index (κ2) is 7.23. The number of fused-ring (bicyclic) bond motifs is 1. The SMILES string of the molecule is C=C.Cc1sc2c(N)nc(-c3ccccn3)nc2c1-c1ccccc1. The van der Waals surface area contributed by atoms with Gasteiger partial charge in [-0.2, -0.15) is 0 Å². The Hall–Kier alpha value is -3.05. The zero-order valence-electron chi connectivity index (χ0n) is 13.9. The Morgan fingerprint density at radius 3 is 2.36 bits per heavy atom. The number of nitrogens with zero attached hydrogens (tertiary/aromatic N) is 3. The average Bonchev–Trinajstić information content (AvgIpc) is 3.01. The van der Waals surface area contributed by atoms with Crippen LogP contribution in [0.2, 0.25) is 0 Å². The lowest BCUT2D eigenvalue weighted by Gasteiger charge is -2.04. The number of nitrogen functional groups attached to an aromatic ring is 1. The Kier molecular flexibility index (Phi) is 4.86. The van der Waals surface area contributed by atoms with Crippen LogP contribution in [-0.4, -0.2) is 15.0 Å². The van der Waals surface area contributed by atoms with Crippen LogP contribution in [0, 0.1) is 6.92 Å². The van der Waals surface area contributed by atoms with Gasteiger partial charge in [-0.1, -0.05) is 36.4 Å². The molecule has 4 aromatic rings. The number of anilines is 1. The first-order valence-electron chi connectivity index (χ1n) is 7.77. The maximum Gasteiger partial charge on any atom is 0.180 e. The molecule has 0 fully saturated rings. The maximum absolute atomic E-state index is 6.19. The van der Waals surface area contributed by atoms with Gasteiger partial charge in [0.2, 0.25) is 0 Å². The molecular formula is C20H18N4S. The van der Waals surface area contributed by atoms with E-state index in [0.717, 1.165) is 27.0 Å². The van der Waals surface area contributed by atoms with Crippen LogP contribution in [0.5, 0.6) is 0 Å². The van der Waals surface area contributed by atoms with Gasteiger partial charge in [-0.05, 0) is 24.6 Å². The van der Waals surface area contributed by atoms with Crippen molar-refractivity contribution >= 4 is 27.4 Å². The van der Waals surface area contributed by atoms with E-state index in [1.807, 2.05) is 36.4 Å². The molecule has 1 aromatic carbocycles. The molecule has 5 heteroatoms. The number of benzene rings is 1. The van der Waals surface area contributed by atoms with Gasteiger partial charge in [-0.3, -0.25) is 4.98 Å². The zero-order valence-corrected chi connectivity index (χ0v) is 14.8. The minimum atomic E-state index is 0.505. The predicted molar refractivity (Wildman–Crippen MR) is 106 cm³/mol. The summed E-state index contributed by atoms with van der Waals surface area (Å²) >= 11 is 1.63. The highest BCUT2D eigenvalue weighted by molar-refractivity contribution is 7.20. The summed E-state index contributed by atoms with van der Waals surface area (Å²) < 4.78 is 0.932. The van der Waals surface area contributed by atoms with Crippen LogP contribution in [-0.2, 0) is 0 Å². The van der Waals surface area contributed by atoms with Crippen molar-refractivity contribution in [2.45, 2.75) is 6.92 Å². The number of pyridine rings is 1. The summed E-state index contributed by atoms with van der Waals surface area (Å²) in [4.78, 5) is 14.7. The van der Waals surface area contributed by atoms with Gasteiger partial charge in [-0.15, -0.1) is 24.5 Å². The molecule has 0 bridgehead atoms. The van der Waals surface area contributed by atoms with Gasteiger partial charge in [0.15, 0.2) is 5.82 Å². The average molecular weight is 346 g/mol. The van der Waals surface area contributed by atoms with Gasteiger partial charge in [-0.25, -0.2) is 9.97 Å². The quantitative estimate of drug-likeness (QED) is 0.512. The first-order valence-corrected chi connectivity index (χ1v) is 8.59. The van der Waals surface area contributed by atoms with Gasteiger partial charge in [0.05, 0.1) is 10.2 Å². The zero-order chi connectivity index (χ0) is 17.8. The third-order valence-corrected chi connectivity index (χ3v) is 4.81. The normalized spacial score (nSPS) is 10.3. The van der Waals surface area contributed by atoms with Crippen LogP contribution in [0.4, 0.5) is 5.82 Å². The van der Waals surface area contributed by atoms with Crippen molar-refractivity contribution in [2.24, 2.45) is 0 Å². The van der Waals surface area contributed by atoms with E-state index in [2.05, 4.69) is 42.2 Å². The van der Waals surface area contributed by atoms with Crippen LogP contribution in [0.1, 0.15) is 4.88 Å². The largest absolute Gasteiger partial charge is 0.382 e. The summed E-state index contributed by atoms with van der Waals surface area (Å²) in [6, 6.07) is 15.9. The lowest BCUT2D eigenvalue weighted by molar-refractivity contribution is 1.19. The Morgan fingerprint density at radius 2 is 1.68 bits per heavy atom. The van der Waals surface area contributed by atoms with Crippen molar-refractivity contribution in [2.75, 3.05) is 5.73 Å². The van der Waals surface area contributed by atoms with Crippen molar-refractivity contribution in [1.82, 2.24) is 15.0 Å². The van der Waals surface area contributed by atoms with E-state index in [-0.39, 0.29) is 0 Å². The molecule has 4 nitrogen and oxygen atoms in total. The van der Waals surface area contributed by atoms with Gasteiger partial charge in [0.25, 0.3) is 0 Å². The van der Waals surface area contributed by atoms with Gasteiger partial charge in [0, 0.05) is 16.6 Å². The van der Waals surface area contributed by atoms with Crippen molar-refractivity contribution in [3.8, 4) is 22.6 Å². The summed E-state index contributed by atoms with van der Waals surface area (Å²) in [7, 11) is 0. The van der Waals surface area contributed by atoms with Crippen molar-refractivity contribution in [1.29, 1.82) is 0 Å². The molecule has 0 saturated carbocycles. The van der Waals surface area contributed by atoms with Crippen LogP contribution < -0.4 is 5.73 Å². The molecule has 0 aliphatic rings. The molecule has 4 rings (SSSR count). The molecule has 0 amide bonds. The van der Waals surface area contributed by atoms with Gasteiger partial charge in [0.1, 0.15) is 11.5 Å². The molecule has 3 aromatic heterocycles. The fraction of sp³-hybridized carbons (Fsp3) is 0.0500. The number of hydrogen-bond acceptors (Lipinski definition) is 5. The lowest BCUT2D eigenvalue weighted by atomic mass is 10.1. The molecular weight excluding hydrogens is 328 g/mol. The third kappa shape index (κ3) is 3.14. The van der Waals surface area contributed by atoms with Crippen molar-refractivity contribution in [3.05, 3.63) is 72.8 Å². The molecule has 0 unspecified atom stereocenters. The maximum atomic E-state index is 6.19. The molecule has 2 N–H and O–H groups in total. The first-order chi connectivity index (χ1) is 12.2. The van der Waals surface area contributed by atoms with E-state index in [4.69, 9.17) is 10.7 Å². The summed E-state index contributed by atoms with van der Waals surface area (Å²) in [5.74, 6) is 1.07. The predicted octanol–water partition coefficient (Wildman–Crippen LogP) is 5.11. The number of aromatic nitrogens is 3. The Labute approximate surface area is 150 Å². The van der Waals surface area contributed by atoms with E-state index >= 15 is 0 Å². The third-order valence-electron chi connectivity index (χ3n) is 3.69. The molecule has 0 radical (unpaired) electrons. The number of thiophene rings is 1. The molecule has 0 atom stereocenters. The molecule has 124 valence electrons. The monoisotopic (exact) mass is 346 g/mol. The standard InChI is InChI=1S/C18H14N4S.C2H4/c1-11-14(12-7-3-2-4-8-12)15-16(23-11)17(19)22-18(21-15)13-9-5-6-10-20-13;1-2/h2-10H,1H3,(H2,19,21,22);1-2H2. The molecule has 0 aliphatic heterocycles. The number of hydrogen-bond donors (Lipinski definition) is 1. The van der Waals surface area contributed by atoms with E-state index in [9.17, 15) is 0 Å². The van der Waals surface area contributed by atoms with Gasteiger partial charge < -0.3 is 5.73 Å². The second-order valence-electron chi connectivity index (χ2n) is 5.22. The van der Waals surface area contributed by atoms with Crippen molar-refractivity contribution in [3.63, 3.8) is 0 Å². The fourth-order valence-electron chi connectivity index (χ4n) is 2.66. The van der Waals surface area contributed by atoms with Crippen LogP contribution in [0.3, 0.4) is 0 Å². The smallest absolute Gasteiger partial charge is 0.180 e. The van der Waals surface area contributed by atoms with E-state index in [1.54, 1.807) is 17.5 Å². The minimum absolute atomic E-state index is 0.505. The number of rotatable bonds is 2. The number of nitrogens with two attached hydrogens (primary N) is 1. The van der Waals surface area contributed by atoms with Gasteiger partial charge >= 0.3 is 0 Å². The Morgan fingerprint density at radius 1 is 0.960 bits per heavy atom. The van der Waals surface area contributed by atoms with E-state index < -0.39 is 0 Å². The van der Waals surface area contributed by atoms with Crippen LogP contribution in [0.15, 0.2) is 67.9 Å². The molecule has 0 aliphatic carbocycles. The Bertz CT molecular complexity index is 995. The summed E-state index contributed by atoms with van der Waals surface area (Å²) in [5.41, 5.74) is 10.1. The number of aryl methyl sites for hydroxylation is 1.